The molecule has 0 unspecified atom stereocenters. The van der Waals surface area contributed by atoms with Crippen molar-refractivity contribution in [3.63, 3.8) is 0 Å². The van der Waals surface area contributed by atoms with Crippen molar-refractivity contribution in [2.45, 2.75) is 31.0 Å². The number of nitrogens with one attached hydrogen (secondary N) is 1. The highest BCUT2D eigenvalue weighted by molar-refractivity contribution is 7.99. The van der Waals surface area contributed by atoms with Crippen LogP contribution in [0.4, 0.5) is 0 Å². The average Bonchev–Trinajstić information content (AvgIpc) is 3.51. The standard InChI is InChI=1S/C26H27N5O2S/c1-17-9-11-18(12-10-17)23-14-21(20-7-3-4-8-22(20)28-23)25-29-30-26(31(25)2)34-16-24(32)27-15-19-6-5-13-33-19/h3-4,7-12,14,19H,5-6,13,15-16H2,1-2H3,(H,27,32)/t19-/m1/s1. The van der Waals surface area contributed by atoms with Crippen LogP contribution >= 0.6 is 11.8 Å². The van der Waals surface area contributed by atoms with Gasteiger partial charge >= 0.3 is 0 Å². The molecular weight excluding hydrogens is 446 g/mol. The summed E-state index contributed by atoms with van der Waals surface area (Å²) in [4.78, 5) is 17.2. The number of amides is 1. The number of para-hydroxylation sites is 1. The molecular formula is C26H27N5O2S. The summed E-state index contributed by atoms with van der Waals surface area (Å²) in [6.07, 6.45) is 2.20. The van der Waals surface area contributed by atoms with E-state index in [0.29, 0.717) is 11.7 Å². The summed E-state index contributed by atoms with van der Waals surface area (Å²) in [6, 6.07) is 18.5. The Morgan fingerprint density at radius 2 is 2.00 bits per heavy atom. The summed E-state index contributed by atoms with van der Waals surface area (Å²) in [7, 11) is 1.93. The highest BCUT2D eigenvalue weighted by Crippen LogP contribution is 2.32. The normalized spacial score (nSPS) is 15.6. The third kappa shape index (κ3) is 4.83. The summed E-state index contributed by atoms with van der Waals surface area (Å²) in [5.41, 5.74) is 5.02. The lowest BCUT2D eigenvalue weighted by Gasteiger charge is -2.11. The largest absolute Gasteiger partial charge is 0.376 e. The van der Waals surface area contributed by atoms with Gasteiger partial charge in [-0.3, -0.25) is 4.79 Å². The Balaban J connectivity index is 1.39. The number of carbonyl (C=O) groups excluding carboxylic acids is 1. The van der Waals surface area contributed by atoms with Crippen LogP contribution in [0, 0.1) is 6.92 Å². The van der Waals surface area contributed by atoms with Crippen LogP contribution in [0.2, 0.25) is 0 Å². The third-order valence-electron chi connectivity index (χ3n) is 6.02. The number of thioether (sulfide) groups is 1. The van der Waals surface area contributed by atoms with E-state index in [2.05, 4.69) is 58.8 Å². The molecule has 174 valence electrons. The first-order chi connectivity index (χ1) is 16.6. The summed E-state index contributed by atoms with van der Waals surface area (Å²) in [5.74, 6) is 1.00. The summed E-state index contributed by atoms with van der Waals surface area (Å²) < 4.78 is 7.51. The molecule has 1 amide bonds. The molecule has 4 aromatic rings. The zero-order chi connectivity index (χ0) is 23.5. The molecule has 1 aliphatic rings. The lowest BCUT2D eigenvalue weighted by atomic mass is 10.0. The lowest BCUT2D eigenvalue weighted by Crippen LogP contribution is -2.32. The second kappa shape index (κ2) is 9.95. The average molecular weight is 474 g/mol. The van der Waals surface area contributed by atoms with Gasteiger partial charge in [0.15, 0.2) is 11.0 Å². The topological polar surface area (TPSA) is 81.9 Å². The summed E-state index contributed by atoms with van der Waals surface area (Å²) in [6.45, 7) is 3.42. The smallest absolute Gasteiger partial charge is 0.230 e. The lowest BCUT2D eigenvalue weighted by molar-refractivity contribution is -0.119. The maximum Gasteiger partial charge on any atom is 0.230 e. The van der Waals surface area contributed by atoms with Crippen molar-refractivity contribution in [1.29, 1.82) is 0 Å². The molecule has 5 rings (SSSR count). The number of aromatic nitrogens is 4. The Labute approximate surface area is 203 Å². The van der Waals surface area contributed by atoms with Gasteiger partial charge in [0.2, 0.25) is 5.91 Å². The van der Waals surface area contributed by atoms with Crippen LogP contribution < -0.4 is 5.32 Å². The van der Waals surface area contributed by atoms with Crippen LogP contribution in [0.1, 0.15) is 18.4 Å². The Hall–Kier alpha value is -3.23. The Kier molecular flexibility index (Phi) is 6.60. The van der Waals surface area contributed by atoms with E-state index in [-0.39, 0.29) is 17.8 Å². The number of nitrogens with zero attached hydrogens (tertiary/aromatic N) is 4. The van der Waals surface area contributed by atoms with E-state index in [1.165, 1.54) is 17.3 Å². The maximum absolute atomic E-state index is 12.3. The van der Waals surface area contributed by atoms with E-state index >= 15 is 0 Å². The van der Waals surface area contributed by atoms with E-state index < -0.39 is 0 Å². The van der Waals surface area contributed by atoms with E-state index in [1.807, 2.05) is 29.8 Å². The first-order valence-electron chi connectivity index (χ1n) is 11.5. The molecule has 1 fully saturated rings. The van der Waals surface area contributed by atoms with Crippen molar-refractivity contribution in [3.05, 3.63) is 60.2 Å². The molecule has 0 spiro atoms. The number of carbonyl (C=O) groups is 1. The van der Waals surface area contributed by atoms with Crippen LogP contribution in [-0.4, -0.2) is 50.7 Å². The molecule has 1 aliphatic heterocycles. The van der Waals surface area contributed by atoms with Gasteiger partial charge < -0.3 is 14.6 Å². The van der Waals surface area contributed by atoms with Gasteiger partial charge in [-0.05, 0) is 31.9 Å². The van der Waals surface area contributed by atoms with Gasteiger partial charge in [-0.2, -0.15) is 0 Å². The zero-order valence-electron chi connectivity index (χ0n) is 19.3. The fourth-order valence-electron chi connectivity index (χ4n) is 4.12. The van der Waals surface area contributed by atoms with E-state index in [9.17, 15) is 4.79 Å². The number of hydrogen-bond acceptors (Lipinski definition) is 6. The second-order valence-electron chi connectivity index (χ2n) is 8.53. The van der Waals surface area contributed by atoms with Crippen LogP contribution in [0.15, 0.2) is 59.8 Å². The number of aryl methyl sites for hydroxylation is 1. The number of fused-ring (bicyclic) bond motifs is 1. The Morgan fingerprint density at radius 1 is 1.18 bits per heavy atom. The van der Waals surface area contributed by atoms with Gasteiger partial charge in [0, 0.05) is 36.7 Å². The van der Waals surface area contributed by atoms with Crippen LogP contribution in [0.5, 0.6) is 0 Å². The van der Waals surface area contributed by atoms with Crippen molar-refractivity contribution < 1.29 is 9.53 Å². The van der Waals surface area contributed by atoms with Crippen molar-refractivity contribution in [1.82, 2.24) is 25.1 Å². The first-order valence-corrected chi connectivity index (χ1v) is 12.4. The van der Waals surface area contributed by atoms with Gasteiger partial charge in [-0.15, -0.1) is 10.2 Å². The molecule has 0 saturated carbocycles. The predicted octanol–water partition coefficient (Wildman–Crippen LogP) is 4.39. The van der Waals surface area contributed by atoms with Gasteiger partial charge in [0.05, 0.1) is 23.1 Å². The van der Waals surface area contributed by atoms with Crippen LogP contribution in [0.3, 0.4) is 0 Å². The SMILES string of the molecule is Cc1ccc(-c2cc(-c3nnc(SCC(=O)NC[C@H]4CCCO4)n3C)c3ccccc3n2)cc1. The molecule has 8 heteroatoms. The molecule has 1 saturated heterocycles. The van der Waals surface area contributed by atoms with Crippen LogP contribution in [-0.2, 0) is 16.6 Å². The number of ether oxygens (including phenoxy) is 1. The van der Waals surface area contributed by atoms with E-state index in [1.54, 1.807) is 0 Å². The molecule has 0 radical (unpaired) electrons. The monoisotopic (exact) mass is 473 g/mol. The van der Waals surface area contributed by atoms with Crippen LogP contribution in [0.25, 0.3) is 33.5 Å². The quantitative estimate of drug-likeness (QED) is 0.401. The molecule has 1 N–H and O–H groups in total. The Bertz CT molecular complexity index is 1310. The van der Waals surface area contributed by atoms with Crippen molar-refractivity contribution in [3.8, 4) is 22.6 Å². The molecule has 2 aromatic heterocycles. The minimum Gasteiger partial charge on any atom is -0.376 e. The van der Waals surface area contributed by atoms with Crippen molar-refractivity contribution in [2.24, 2.45) is 7.05 Å². The molecule has 7 nitrogen and oxygen atoms in total. The zero-order valence-corrected chi connectivity index (χ0v) is 20.1. The van der Waals surface area contributed by atoms with Gasteiger partial charge in [0.25, 0.3) is 0 Å². The molecule has 0 bridgehead atoms. The van der Waals surface area contributed by atoms with Gasteiger partial charge in [-0.25, -0.2) is 4.98 Å². The minimum atomic E-state index is -0.0268. The highest BCUT2D eigenvalue weighted by Gasteiger charge is 2.19. The molecule has 2 aromatic carbocycles. The van der Waals surface area contributed by atoms with Crippen molar-refractivity contribution >= 4 is 28.6 Å². The number of hydrogen-bond donors (Lipinski definition) is 1. The number of rotatable bonds is 7. The van der Waals surface area contributed by atoms with Gasteiger partial charge in [0.1, 0.15) is 0 Å². The number of benzene rings is 2. The first kappa shape index (κ1) is 22.6. The Morgan fingerprint density at radius 3 is 2.79 bits per heavy atom. The molecule has 1 atom stereocenters. The fraction of sp³-hybridized carbons (Fsp3) is 0.308. The summed E-state index contributed by atoms with van der Waals surface area (Å²) >= 11 is 1.38. The summed E-state index contributed by atoms with van der Waals surface area (Å²) in [5, 5.41) is 13.5. The van der Waals surface area contributed by atoms with E-state index in [0.717, 1.165) is 53.0 Å². The second-order valence-corrected chi connectivity index (χ2v) is 9.47. The fourth-order valence-corrected chi connectivity index (χ4v) is 4.86. The maximum atomic E-state index is 12.3. The number of pyridine rings is 1. The van der Waals surface area contributed by atoms with Gasteiger partial charge in [-0.1, -0.05) is 59.8 Å². The minimum absolute atomic E-state index is 0.0268. The van der Waals surface area contributed by atoms with Crippen molar-refractivity contribution in [2.75, 3.05) is 18.9 Å². The third-order valence-corrected chi connectivity index (χ3v) is 7.04. The molecule has 34 heavy (non-hydrogen) atoms. The molecule has 0 aliphatic carbocycles. The highest BCUT2D eigenvalue weighted by atomic mass is 32.2. The predicted molar refractivity (Wildman–Crippen MR) is 135 cm³/mol. The van der Waals surface area contributed by atoms with E-state index in [4.69, 9.17) is 9.72 Å². The molecule has 3 heterocycles.